The van der Waals surface area contributed by atoms with Crippen molar-refractivity contribution in [3.8, 4) is 0 Å². The van der Waals surface area contributed by atoms with E-state index in [1.807, 2.05) is 21.1 Å². The van der Waals surface area contributed by atoms with Crippen LogP contribution in [0.15, 0.2) is 12.2 Å². The highest BCUT2D eigenvalue weighted by Crippen LogP contribution is 2.38. The molecule has 9 heteroatoms. The van der Waals surface area contributed by atoms with Crippen molar-refractivity contribution in [1.29, 1.82) is 0 Å². The number of quaternary nitrogens is 1. The lowest BCUT2D eigenvalue weighted by Crippen LogP contribution is -2.46. The lowest BCUT2D eigenvalue weighted by Gasteiger charge is -2.30. The predicted molar refractivity (Wildman–Crippen MR) is 312 cm³/mol. The van der Waals surface area contributed by atoms with Gasteiger partial charge < -0.3 is 28.8 Å². The minimum Gasteiger partial charge on any atom is -0.756 e. The number of aliphatic hydroxyl groups excluding tert-OH is 1. The van der Waals surface area contributed by atoms with Gasteiger partial charge in [-0.05, 0) is 38.5 Å². The van der Waals surface area contributed by atoms with Crippen molar-refractivity contribution in [3.05, 3.63) is 12.2 Å². The molecule has 0 aliphatic heterocycles. The van der Waals surface area contributed by atoms with Crippen LogP contribution in [0.4, 0.5) is 0 Å². The Hall–Kier alpha value is -0.760. The number of unbranched alkanes of at least 4 members (excludes halogenated alkanes) is 45. The third kappa shape index (κ3) is 57.0. The van der Waals surface area contributed by atoms with Crippen LogP contribution in [0.3, 0.4) is 0 Å². The summed E-state index contributed by atoms with van der Waals surface area (Å²) in [4.78, 5) is 25.6. The molecule has 430 valence electrons. The number of hydrogen-bond donors (Lipinski definition) is 2. The van der Waals surface area contributed by atoms with Crippen molar-refractivity contribution in [2.75, 3.05) is 40.9 Å². The first-order valence-corrected chi connectivity index (χ1v) is 33.5. The van der Waals surface area contributed by atoms with Gasteiger partial charge in [0.15, 0.2) is 0 Å². The number of hydrogen-bond acceptors (Lipinski definition) is 6. The fraction of sp³-hybridized carbons (Fsp3) is 0.952. The Morgan fingerprint density at radius 1 is 0.472 bits per heavy atom. The number of carbonyl (C=O) groups excluding carboxylic acids is 1. The van der Waals surface area contributed by atoms with Crippen LogP contribution in [0.5, 0.6) is 0 Å². The van der Waals surface area contributed by atoms with E-state index < -0.39 is 20.0 Å². The summed E-state index contributed by atoms with van der Waals surface area (Å²) < 4.78 is 23.5. The molecule has 0 radical (unpaired) electrons. The molecular weight excluding hydrogens is 912 g/mol. The zero-order valence-corrected chi connectivity index (χ0v) is 50.1. The Morgan fingerprint density at radius 3 is 1.08 bits per heavy atom. The standard InChI is InChI=1S/C63H127N2O6P/c1-6-8-10-12-14-16-18-20-22-24-26-28-30-32-34-36-38-40-42-44-46-48-50-52-54-56-62(66)61(60-71-72(68,69)70-59-58-65(3,4)5)64-63(67)57-55-53-51-49-47-45-43-41-39-37-35-33-31-29-27-25-23-21-19-17-15-13-11-9-7-2/h33,35,61-62,66H,6-32,34,36-60H2,1-5H3,(H-,64,67,68,69)/b35-33-. The van der Waals surface area contributed by atoms with E-state index in [9.17, 15) is 19.4 Å². The Bertz CT molecular complexity index is 1180. The fourth-order valence-electron chi connectivity index (χ4n) is 9.98. The number of nitrogens with one attached hydrogen (secondary N) is 1. The summed E-state index contributed by atoms with van der Waals surface area (Å²) >= 11 is 0. The average molecular weight is 1040 g/mol. The molecule has 0 rings (SSSR count). The lowest BCUT2D eigenvalue weighted by molar-refractivity contribution is -0.870. The molecule has 8 nitrogen and oxygen atoms in total. The van der Waals surface area contributed by atoms with Crippen molar-refractivity contribution >= 4 is 13.7 Å². The van der Waals surface area contributed by atoms with Crippen LogP contribution in [0, 0.1) is 0 Å². The number of phosphoric ester groups is 1. The van der Waals surface area contributed by atoms with E-state index in [1.165, 1.54) is 270 Å². The molecule has 0 aliphatic carbocycles. The number of aliphatic hydroxyl groups is 1. The molecule has 0 aromatic rings. The second kappa shape index (κ2) is 55.0. The SMILES string of the molecule is CCCCCCCCCCCCCC/C=C\CCCCCCCCCCCC(=O)NC(COP(=O)([O-])OCC[N+](C)(C)C)C(O)CCCCCCCCCCCCCCCCCCCCCCCCCCC. The highest BCUT2D eigenvalue weighted by Gasteiger charge is 2.24. The van der Waals surface area contributed by atoms with Gasteiger partial charge in [-0.15, -0.1) is 0 Å². The maximum atomic E-state index is 13.0. The van der Waals surface area contributed by atoms with Crippen LogP contribution >= 0.6 is 7.82 Å². The van der Waals surface area contributed by atoms with E-state index in [4.69, 9.17) is 9.05 Å². The molecule has 3 atom stereocenters. The normalized spacial score (nSPS) is 13.8. The Kier molecular flexibility index (Phi) is 54.4. The Morgan fingerprint density at radius 2 is 0.764 bits per heavy atom. The molecular formula is C63H127N2O6P. The molecule has 0 spiro atoms. The number of allylic oxidation sites excluding steroid dienone is 2. The summed E-state index contributed by atoms with van der Waals surface area (Å²) in [5.41, 5.74) is 0. The second-order valence-electron chi connectivity index (χ2n) is 23.5. The molecule has 0 fully saturated rings. The van der Waals surface area contributed by atoms with E-state index in [2.05, 4.69) is 31.3 Å². The van der Waals surface area contributed by atoms with E-state index in [0.29, 0.717) is 23.9 Å². The van der Waals surface area contributed by atoms with Gasteiger partial charge >= 0.3 is 0 Å². The first kappa shape index (κ1) is 71.2. The zero-order chi connectivity index (χ0) is 52.7. The number of carbonyl (C=O) groups is 1. The highest BCUT2D eigenvalue weighted by atomic mass is 31.2. The molecule has 0 aromatic carbocycles. The van der Waals surface area contributed by atoms with E-state index in [-0.39, 0.29) is 19.1 Å². The van der Waals surface area contributed by atoms with Crippen molar-refractivity contribution in [1.82, 2.24) is 5.32 Å². The first-order chi connectivity index (χ1) is 35.0. The highest BCUT2D eigenvalue weighted by molar-refractivity contribution is 7.45. The van der Waals surface area contributed by atoms with Gasteiger partial charge in [-0.2, -0.15) is 0 Å². The largest absolute Gasteiger partial charge is 0.756 e. The molecule has 0 aromatic heterocycles. The van der Waals surface area contributed by atoms with Gasteiger partial charge in [-0.3, -0.25) is 9.36 Å². The lowest BCUT2D eigenvalue weighted by atomic mass is 10.0. The van der Waals surface area contributed by atoms with Crippen LogP contribution < -0.4 is 10.2 Å². The maximum absolute atomic E-state index is 13.0. The molecule has 2 N–H and O–H groups in total. The molecule has 0 saturated heterocycles. The molecule has 3 unspecified atom stereocenters. The van der Waals surface area contributed by atoms with Gasteiger partial charge in [0.2, 0.25) is 5.91 Å². The monoisotopic (exact) mass is 1040 g/mol. The number of phosphoric acid groups is 1. The summed E-state index contributed by atoms with van der Waals surface area (Å²) in [6, 6.07) is -0.800. The fourth-order valence-corrected chi connectivity index (χ4v) is 10.7. The van der Waals surface area contributed by atoms with Gasteiger partial charge in [0, 0.05) is 6.42 Å². The third-order valence-electron chi connectivity index (χ3n) is 15.0. The van der Waals surface area contributed by atoms with Crippen molar-refractivity contribution in [2.45, 2.75) is 347 Å². The van der Waals surface area contributed by atoms with E-state index >= 15 is 0 Å². The molecule has 0 heterocycles. The molecule has 0 saturated carbocycles. The quantitative estimate of drug-likeness (QED) is 0.0272. The van der Waals surface area contributed by atoms with Crippen LogP contribution in [0.1, 0.15) is 335 Å². The van der Waals surface area contributed by atoms with Gasteiger partial charge in [-0.25, -0.2) is 0 Å². The number of amides is 1. The molecule has 1 amide bonds. The van der Waals surface area contributed by atoms with Gasteiger partial charge in [-0.1, -0.05) is 302 Å². The number of likely N-dealkylation sites (N-methyl/N-ethyl adjacent to an activating group) is 1. The minimum atomic E-state index is -4.57. The first-order valence-electron chi connectivity index (χ1n) is 32.0. The summed E-state index contributed by atoms with van der Waals surface area (Å²) in [6.07, 6.45) is 68.3. The topological polar surface area (TPSA) is 108 Å². The molecule has 0 bridgehead atoms. The predicted octanol–water partition coefficient (Wildman–Crippen LogP) is 19.1. The summed E-state index contributed by atoms with van der Waals surface area (Å²) in [5, 5.41) is 14.1. The van der Waals surface area contributed by atoms with Gasteiger partial charge in [0.1, 0.15) is 13.2 Å². The van der Waals surface area contributed by atoms with Gasteiger partial charge in [0.05, 0.1) is 39.9 Å². The maximum Gasteiger partial charge on any atom is 0.268 e. The van der Waals surface area contributed by atoms with Crippen LogP contribution in [-0.4, -0.2) is 68.5 Å². The Balaban J connectivity index is 4.08. The van der Waals surface area contributed by atoms with Gasteiger partial charge in [0.25, 0.3) is 7.82 Å². The van der Waals surface area contributed by atoms with Crippen molar-refractivity contribution in [3.63, 3.8) is 0 Å². The second-order valence-corrected chi connectivity index (χ2v) is 24.9. The number of rotatable bonds is 60. The van der Waals surface area contributed by atoms with E-state index in [0.717, 1.165) is 38.5 Å². The van der Waals surface area contributed by atoms with Crippen molar-refractivity contribution < 1.29 is 32.9 Å². The molecule has 72 heavy (non-hydrogen) atoms. The van der Waals surface area contributed by atoms with Crippen LogP contribution in [0.25, 0.3) is 0 Å². The molecule has 0 aliphatic rings. The minimum absolute atomic E-state index is 0.0145. The smallest absolute Gasteiger partial charge is 0.268 e. The van der Waals surface area contributed by atoms with Crippen molar-refractivity contribution in [2.24, 2.45) is 0 Å². The summed E-state index contributed by atoms with van der Waals surface area (Å²) in [7, 11) is 1.32. The number of nitrogens with zero attached hydrogens (tertiary/aromatic N) is 1. The van der Waals surface area contributed by atoms with Crippen LogP contribution in [-0.2, 0) is 18.4 Å². The summed E-state index contributed by atoms with van der Waals surface area (Å²) in [6.45, 7) is 4.78. The van der Waals surface area contributed by atoms with E-state index in [1.54, 1.807) is 0 Å². The zero-order valence-electron chi connectivity index (χ0n) is 49.2. The summed E-state index contributed by atoms with van der Waals surface area (Å²) in [5.74, 6) is -0.160. The Labute approximate surface area is 450 Å². The van der Waals surface area contributed by atoms with Crippen LogP contribution in [0.2, 0.25) is 0 Å². The average Bonchev–Trinajstić information content (AvgIpc) is 3.34. The third-order valence-corrected chi connectivity index (χ3v) is 16.0.